The summed E-state index contributed by atoms with van der Waals surface area (Å²) in [5.74, 6) is -2.79. The molecule has 14 heteroatoms. The van der Waals surface area contributed by atoms with E-state index in [0.29, 0.717) is 12.1 Å². The lowest BCUT2D eigenvalue weighted by Gasteiger charge is -2.37. The van der Waals surface area contributed by atoms with Crippen molar-refractivity contribution in [2.45, 2.75) is 23.0 Å². The van der Waals surface area contributed by atoms with Crippen LogP contribution in [0.2, 0.25) is 5.02 Å². The molecular weight excluding hydrogens is 449 g/mol. The zero-order chi connectivity index (χ0) is 22.6. The first-order chi connectivity index (χ1) is 13.8. The lowest BCUT2D eigenvalue weighted by atomic mass is 9.82. The first-order valence-electron chi connectivity index (χ1n) is 7.95. The Morgan fingerprint density at radius 1 is 1.40 bits per heavy atom. The molecule has 0 spiro atoms. The van der Waals surface area contributed by atoms with Crippen molar-refractivity contribution in [3.63, 3.8) is 0 Å². The highest BCUT2D eigenvalue weighted by molar-refractivity contribution is 7.84. The maximum absolute atomic E-state index is 13.4. The summed E-state index contributed by atoms with van der Waals surface area (Å²) >= 11 is 6.12. The van der Waals surface area contributed by atoms with E-state index in [2.05, 4.69) is 15.3 Å². The predicted molar refractivity (Wildman–Crippen MR) is 100 cm³/mol. The SMILES string of the molecule is [C-]#[N+]c1nn2c(c1S(C)=O)NC(CC(N)=O)(C(N)=O)c1cc(C(F)(F)F)cc(Cl)c1-2. The van der Waals surface area contributed by atoms with Crippen molar-refractivity contribution in [3.05, 3.63) is 39.7 Å². The van der Waals surface area contributed by atoms with Crippen molar-refractivity contribution >= 4 is 45.9 Å². The van der Waals surface area contributed by atoms with E-state index in [4.69, 9.17) is 29.6 Å². The number of aromatic nitrogens is 2. The molecule has 0 aliphatic carbocycles. The van der Waals surface area contributed by atoms with Gasteiger partial charge in [0.25, 0.3) is 0 Å². The zero-order valence-electron chi connectivity index (χ0n) is 15.0. The number of hydrogen-bond acceptors (Lipinski definition) is 5. The quantitative estimate of drug-likeness (QED) is 0.597. The van der Waals surface area contributed by atoms with Crippen LogP contribution in [0.15, 0.2) is 17.0 Å². The highest BCUT2D eigenvalue weighted by atomic mass is 35.5. The van der Waals surface area contributed by atoms with Gasteiger partial charge in [0.15, 0.2) is 11.4 Å². The topological polar surface area (TPSA) is 137 Å². The van der Waals surface area contributed by atoms with E-state index < -0.39 is 56.9 Å². The van der Waals surface area contributed by atoms with Gasteiger partial charge in [-0.1, -0.05) is 18.2 Å². The summed E-state index contributed by atoms with van der Waals surface area (Å²) in [6, 6.07) is 1.21. The van der Waals surface area contributed by atoms with Crippen molar-refractivity contribution in [1.82, 2.24) is 9.78 Å². The lowest BCUT2D eigenvalue weighted by molar-refractivity contribution is -0.137. The third-order valence-electron chi connectivity index (χ3n) is 4.47. The van der Waals surface area contributed by atoms with Crippen LogP contribution in [0.4, 0.5) is 24.8 Å². The molecule has 2 heterocycles. The van der Waals surface area contributed by atoms with Gasteiger partial charge < -0.3 is 21.6 Å². The molecule has 2 aromatic rings. The summed E-state index contributed by atoms with van der Waals surface area (Å²) < 4.78 is 53.4. The summed E-state index contributed by atoms with van der Waals surface area (Å²) in [6.45, 7) is 7.25. The summed E-state index contributed by atoms with van der Waals surface area (Å²) in [5, 5.41) is 6.05. The molecule has 0 bridgehead atoms. The molecule has 5 N–H and O–H groups in total. The lowest BCUT2D eigenvalue weighted by Crippen LogP contribution is -2.53. The number of amides is 2. The Bertz CT molecular complexity index is 1170. The zero-order valence-corrected chi connectivity index (χ0v) is 16.6. The van der Waals surface area contributed by atoms with Crippen molar-refractivity contribution < 1.29 is 27.0 Å². The first kappa shape index (κ1) is 21.6. The van der Waals surface area contributed by atoms with Gasteiger partial charge in [-0.05, 0) is 17.2 Å². The monoisotopic (exact) mass is 460 g/mol. The third-order valence-corrected chi connectivity index (χ3v) is 5.71. The molecule has 0 radical (unpaired) electrons. The fraction of sp³-hybridized carbons (Fsp3) is 0.250. The van der Waals surface area contributed by atoms with Gasteiger partial charge in [-0.2, -0.15) is 13.2 Å². The van der Waals surface area contributed by atoms with Gasteiger partial charge in [-0.15, -0.1) is 4.68 Å². The Labute approximate surface area is 174 Å². The molecule has 3 rings (SSSR count). The number of benzene rings is 1. The number of primary amides is 2. The van der Waals surface area contributed by atoms with E-state index in [0.717, 1.165) is 4.68 Å². The summed E-state index contributed by atoms with van der Waals surface area (Å²) in [7, 11) is -1.81. The van der Waals surface area contributed by atoms with Crippen LogP contribution in [0.1, 0.15) is 17.5 Å². The number of nitrogens with one attached hydrogen (secondary N) is 1. The largest absolute Gasteiger partial charge is 0.416 e. The van der Waals surface area contributed by atoms with Gasteiger partial charge >= 0.3 is 12.0 Å². The number of halogens is 4. The molecule has 158 valence electrons. The Balaban J connectivity index is 2.51. The number of nitrogens with two attached hydrogens (primary N) is 2. The van der Waals surface area contributed by atoms with Crippen molar-refractivity contribution in [2.75, 3.05) is 11.6 Å². The standard InChI is InChI=1S/C16H12ClF3N6O3S/c1-23-12-11(30(2)29)13-24-15(14(22)28,5-9(21)27)7-3-6(16(18,19)20)4-8(17)10(7)26(13)25-12/h3-4,24H,5H2,2H3,(H2,21,27)(H2,22,28). The minimum absolute atomic E-state index is 0.137. The molecule has 2 atom stereocenters. The Morgan fingerprint density at radius 3 is 2.50 bits per heavy atom. The molecule has 9 nitrogen and oxygen atoms in total. The Hall–Kier alpha value is -3.11. The van der Waals surface area contributed by atoms with Crippen LogP contribution in [0, 0.1) is 6.57 Å². The summed E-state index contributed by atoms with van der Waals surface area (Å²) in [5.41, 5.74) is 6.65. The number of carbonyl (C=O) groups is 2. The number of rotatable bonds is 4. The van der Waals surface area contributed by atoms with E-state index in [-0.39, 0.29) is 22.2 Å². The number of hydrogen-bond donors (Lipinski definition) is 3. The fourth-order valence-corrected chi connectivity index (χ4v) is 4.31. The average molecular weight is 461 g/mol. The second-order valence-electron chi connectivity index (χ2n) is 6.37. The minimum atomic E-state index is -4.84. The van der Waals surface area contributed by atoms with Gasteiger partial charge in [0.2, 0.25) is 11.8 Å². The molecule has 2 unspecified atom stereocenters. The second kappa shape index (κ2) is 6.99. The van der Waals surface area contributed by atoms with Crippen LogP contribution in [0.5, 0.6) is 0 Å². The fourth-order valence-electron chi connectivity index (χ4n) is 3.26. The first-order valence-corrected chi connectivity index (χ1v) is 9.89. The van der Waals surface area contributed by atoms with E-state index in [1.807, 2.05) is 0 Å². The van der Waals surface area contributed by atoms with E-state index >= 15 is 0 Å². The molecule has 0 saturated carbocycles. The molecular formula is C16H12ClF3N6O3S. The van der Waals surface area contributed by atoms with E-state index in [1.165, 1.54) is 6.26 Å². The van der Waals surface area contributed by atoms with Crippen LogP contribution >= 0.6 is 11.6 Å². The van der Waals surface area contributed by atoms with Crippen LogP contribution in [0.25, 0.3) is 10.5 Å². The summed E-state index contributed by atoms with van der Waals surface area (Å²) in [4.78, 5) is 27.2. The number of alkyl halides is 3. The van der Waals surface area contributed by atoms with Crippen LogP contribution in [-0.4, -0.2) is 32.1 Å². The van der Waals surface area contributed by atoms with Crippen LogP contribution < -0.4 is 16.8 Å². The summed E-state index contributed by atoms with van der Waals surface area (Å²) in [6.07, 6.45) is -4.43. The van der Waals surface area contributed by atoms with Crippen LogP contribution in [0.3, 0.4) is 0 Å². The molecule has 0 saturated heterocycles. The van der Waals surface area contributed by atoms with Gasteiger partial charge in [0, 0.05) is 22.6 Å². The molecule has 0 fully saturated rings. The number of anilines is 1. The molecule has 1 aromatic carbocycles. The van der Waals surface area contributed by atoms with Gasteiger partial charge in [0.1, 0.15) is 10.6 Å². The molecule has 1 aliphatic heterocycles. The normalized spacial score (nSPS) is 18.5. The highest BCUT2D eigenvalue weighted by Gasteiger charge is 2.50. The minimum Gasteiger partial charge on any atom is -0.370 e. The van der Waals surface area contributed by atoms with Gasteiger partial charge in [-0.25, -0.2) is 0 Å². The number of fused-ring (bicyclic) bond motifs is 3. The van der Waals surface area contributed by atoms with Gasteiger partial charge in [0.05, 0.1) is 17.0 Å². The second-order valence-corrected chi connectivity index (χ2v) is 8.09. The molecule has 1 aromatic heterocycles. The van der Waals surface area contributed by atoms with E-state index in [1.54, 1.807) is 0 Å². The van der Waals surface area contributed by atoms with Crippen LogP contribution in [-0.2, 0) is 32.1 Å². The maximum Gasteiger partial charge on any atom is 0.416 e. The Morgan fingerprint density at radius 2 is 2.03 bits per heavy atom. The number of nitrogens with zero attached hydrogens (tertiary/aromatic N) is 3. The maximum atomic E-state index is 13.4. The van der Waals surface area contributed by atoms with E-state index in [9.17, 15) is 27.0 Å². The van der Waals surface area contributed by atoms with Gasteiger partial charge in [-0.3, -0.25) is 13.8 Å². The molecule has 1 aliphatic rings. The predicted octanol–water partition coefficient (Wildman–Crippen LogP) is 1.81. The molecule has 30 heavy (non-hydrogen) atoms. The van der Waals surface area contributed by atoms with Crippen molar-refractivity contribution in [2.24, 2.45) is 11.5 Å². The Kier molecular flexibility index (Phi) is 5.03. The third kappa shape index (κ3) is 3.17. The number of carbonyl (C=O) groups excluding carboxylic acids is 2. The smallest absolute Gasteiger partial charge is 0.370 e. The van der Waals surface area contributed by atoms with Crippen molar-refractivity contribution in [3.8, 4) is 5.69 Å². The average Bonchev–Trinajstić information content (AvgIpc) is 2.98. The highest BCUT2D eigenvalue weighted by Crippen LogP contribution is 2.48. The molecule has 2 amide bonds. The van der Waals surface area contributed by atoms with Crippen molar-refractivity contribution in [1.29, 1.82) is 0 Å².